The van der Waals surface area contributed by atoms with Gasteiger partial charge in [0.25, 0.3) is 0 Å². The highest BCUT2D eigenvalue weighted by molar-refractivity contribution is 6.37. The second-order valence-electron chi connectivity index (χ2n) is 6.17. The summed E-state index contributed by atoms with van der Waals surface area (Å²) in [5.74, 6) is -3.20. The first kappa shape index (κ1) is 18.5. The Labute approximate surface area is 156 Å². The van der Waals surface area contributed by atoms with Crippen LogP contribution in [0.1, 0.15) is 27.9 Å². The van der Waals surface area contributed by atoms with Crippen molar-refractivity contribution in [2.24, 2.45) is 4.99 Å². The highest BCUT2D eigenvalue weighted by Gasteiger charge is 2.23. The van der Waals surface area contributed by atoms with Crippen molar-refractivity contribution in [1.82, 2.24) is 10.0 Å². The van der Waals surface area contributed by atoms with E-state index in [4.69, 9.17) is 5.11 Å². The number of rotatable bonds is 8. The Bertz CT molecular complexity index is 880. The number of carboxylic acid groups (broad SMARTS) is 1. The predicted octanol–water partition coefficient (Wildman–Crippen LogP) is 2.13. The molecule has 2 aromatic carbocycles. The molecule has 0 unspecified atom stereocenters. The molecule has 1 aliphatic heterocycles. The van der Waals surface area contributed by atoms with Crippen LogP contribution in [0.3, 0.4) is 0 Å². The van der Waals surface area contributed by atoms with Crippen LogP contribution >= 0.6 is 0 Å². The van der Waals surface area contributed by atoms with Crippen molar-refractivity contribution in [3.8, 4) is 0 Å². The number of hydrazine groups is 1. The monoisotopic (exact) mass is 365 g/mol. The van der Waals surface area contributed by atoms with Gasteiger partial charge in [0.05, 0.1) is 13.0 Å². The molecule has 0 bridgehead atoms. The third-order valence-corrected chi connectivity index (χ3v) is 4.24. The molecule has 0 spiro atoms. The van der Waals surface area contributed by atoms with Crippen LogP contribution < -0.4 is 0 Å². The number of nitrogens with zero attached hydrogens (tertiary/aromatic N) is 3. The number of ketones is 2. The number of Topliss-reactive ketones (excluding diaryl/α,β-unsaturated/α-hetero) is 2. The van der Waals surface area contributed by atoms with Crippen molar-refractivity contribution in [1.29, 1.82) is 0 Å². The predicted molar refractivity (Wildman–Crippen MR) is 98.9 cm³/mol. The fourth-order valence-electron chi connectivity index (χ4n) is 2.88. The second-order valence-corrected chi connectivity index (χ2v) is 6.17. The number of aliphatic carboxylic acids is 1. The smallest absolute Gasteiger partial charge is 0.372 e. The highest BCUT2D eigenvalue weighted by atomic mass is 16.4. The van der Waals surface area contributed by atoms with Gasteiger partial charge in [-0.05, 0) is 11.1 Å². The van der Waals surface area contributed by atoms with Gasteiger partial charge in [-0.1, -0.05) is 54.6 Å². The third-order valence-electron chi connectivity index (χ3n) is 4.24. The van der Waals surface area contributed by atoms with E-state index in [1.165, 1.54) is 0 Å². The lowest BCUT2D eigenvalue weighted by Gasteiger charge is -2.28. The minimum atomic E-state index is -1.60. The summed E-state index contributed by atoms with van der Waals surface area (Å²) in [6.07, 6.45) is 1.07. The van der Waals surface area contributed by atoms with Gasteiger partial charge in [-0.25, -0.2) is 4.79 Å². The zero-order chi connectivity index (χ0) is 19.2. The summed E-state index contributed by atoms with van der Waals surface area (Å²) in [5, 5.41) is 12.7. The van der Waals surface area contributed by atoms with Gasteiger partial charge in [-0.3, -0.25) is 19.6 Å². The van der Waals surface area contributed by atoms with E-state index in [9.17, 15) is 14.4 Å². The number of carbonyl (C=O) groups excluding carboxylic acids is 2. The molecular formula is C20H19N3O4. The molecule has 138 valence electrons. The lowest BCUT2D eigenvalue weighted by molar-refractivity contribution is -0.148. The lowest BCUT2D eigenvalue weighted by atomic mass is 10.00. The van der Waals surface area contributed by atoms with E-state index in [1.807, 2.05) is 40.3 Å². The van der Waals surface area contributed by atoms with Crippen LogP contribution in [-0.2, 0) is 22.7 Å². The molecule has 7 nitrogen and oxygen atoms in total. The molecule has 27 heavy (non-hydrogen) atoms. The maximum absolute atomic E-state index is 12.4. The highest BCUT2D eigenvalue weighted by Crippen LogP contribution is 2.18. The summed E-state index contributed by atoms with van der Waals surface area (Å²) in [7, 11) is 0. The number of carboxylic acids is 1. The minimum Gasteiger partial charge on any atom is -0.475 e. The van der Waals surface area contributed by atoms with Gasteiger partial charge >= 0.3 is 5.97 Å². The van der Waals surface area contributed by atoms with Gasteiger partial charge in [-0.2, -0.15) is 5.01 Å². The van der Waals surface area contributed by atoms with Crippen LogP contribution in [0.15, 0.2) is 59.6 Å². The first-order valence-corrected chi connectivity index (χ1v) is 8.47. The van der Waals surface area contributed by atoms with Crippen LogP contribution in [0.2, 0.25) is 0 Å². The molecule has 0 radical (unpaired) electrons. The number of aliphatic imine (C=N–C) groups is 1. The van der Waals surface area contributed by atoms with Crippen molar-refractivity contribution in [2.45, 2.75) is 19.5 Å². The van der Waals surface area contributed by atoms with E-state index < -0.39 is 24.0 Å². The number of carbonyl (C=O) groups is 3. The topological polar surface area (TPSA) is 90.3 Å². The Morgan fingerprint density at radius 1 is 0.963 bits per heavy atom. The quantitative estimate of drug-likeness (QED) is 0.438. The Balaban J connectivity index is 1.73. The van der Waals surface area contributed by atoms with Gasteiger partial charge in [0, 0.05) is 12.1 Å². The summed E-state index contributed by atoms with van der Waals surface area (Å²) in [4.78, 5) is 38.8. The average Bonchev–Trinajstić information content (AvgIpc) is 3.09. The van der Waals surface area contributed by atoms with Crippen molar-refractivity contribution >= 4 is 23.9 Å². The molecule has 0 atom stereocenters. The molecule has 0 aromatic heterocycles. The van der Waals surface area contributed by atoms with Gasteiger partial charge in [-0.15, -0.1) is 0 Å². The van der Waals surface area contributed by atoms with Crippen LogP contribution in [0.4, 0.5) is 0 Å². The van der Waals surface area contributed by atoms with Crippen molar-refractivity contribution in [3.05, 3.63) is 71.3 Å². The molecular weight excluding hydrogens is 346 g/mol. The van der Waals surface area contributed by atoms with E-state index in [-0.39, 0.29) is 0 Å². The fourth-order valence-corrected chi connectivity index (χ4v) is 2.88. The van der Waals surface area contributed by atoms with Crippen LogP contribution in [0.5, 0.6) is 0 Å². The van der Waals surface area contributed by atoms with E-state index in [2.05, 4.69) is 4.99 Å². The fraction of sp³-hybridized carbons (Fsp3) is 0.200. The zero-order valence-electron chi connectivity index (χ0n) is 14.6. The number of hydrogen-bond donors (Lipinski definition) is 1. The van der Waals surface area contributed by atoms with E-state index in [0.717, 1.165) is 5.56 Å². The summed E-state index contributed by atoms with van der Waals surface area (Å²) in [5.41, 5.74) is 2.21. The zero-order valence-corrected chi connectivity index (χ0v) is 14.6. The third kappa shape index (κ3) is 4.65. The maximum atomic E-state index is 12.4. The molecule has 1 N–H and O–H groups in total. The molecule has 2 aromatic rings. The van der Waals surface area contributed by atoms with Gasteiger partial charge in [0.15, 0.2) is 5.78 Å². The van der Waals surface area contributed by atoms with Crippen LogP contribution in [0.25, 0.3) is 0 Å². The molecule has 0 aliphatic carbocycles. The molecule has 3 rings (SSSR count). The van der Waals surface area contributed by atoms with Crippen LogP contribution in [0, 0.1) is 0 Å². The SMILES string of the molecule is O=C(O)C(=O)CC(=O)c1ccccc1CN1C=NCN1Cc1ccccc1. The number of hydrogen-bond acceptors (Lipinski definition) is 6. The molecule has 0 saturated carbocycles. The molecule has 1 aliphatic rings. The van der Waals surface area contributed by atoms with Gasteiger partial charge < -0.3 is 5.11 Å². The Kier molecular flexibility index (Phi) is 5.73. The van der Waals surface area contributed by atoms with Crippen molar-refractivity contribution in [2.75, 3.05) is 6.67 Å². The second kappa shape index (κ2) is 8.37. The van der Waals surface area contributed by atoms with Gasteiger partial charge in [0.1, 0.15) is 13.0 Å². The first-order valence-electron chi connectivity index (χ1n) is 8.47. The minimum absolute atomic E-state index is 0.354. The van der Waals surface area contributed by atoms with E-state index in [1.54, 1.807) is 30.6 Å². The summed E-state index contributed by atoms with van der Waals surface area (Å²) < 4.78 is 0. The van der Waals surface area contributed by atoms with Crippen LogP contribution in [-0.4, -0.2) is 45.7 Å². The molecule has 1 heterocycles. The maximum Gasteiger partial charge on any atom is 0.372 e. The van der Waals surface area contributed by atoms with Crippen molar-refractivity contribution in [3.63, 3.8) is 0 Å². The van der Waals surface area contributed by atoms with Crippen molar-refractivity contribution < 1.29 is 19.5 Å². The largest absolute Gasteiger partial charge is 0.475 e. The summed E-state index contributed by atoms with van der Waals surface area (Å²) >= 11 is 0. The van der Waals surface area contributed by atoms with Gasteiger partial charge in [0.2, 0.25) is 5.78 Å². The first-order chi connectivity index (χ1) is 13.0. The van der Waals surface area contributed by atoms with E-state index in [0.29, 0.717) is 30.9 Å². The Morgan fingerprint density at radius 3 is 2.41 bits per heavy atom. The average molecular weight is 365 g/mol. The molecule has 7 heteroatoms. The molecule has 0 fully saturated rings. The Morgan fingerprint density at radius 2 is 1.67 bits per heavy atom. The molecule has 0 saturated heterocycles. The summed E-state index contributed by atoms with van der Waals surface area (Å²) in [6.45, 7) is 1.59. The lowest BCUT2D eigenvalue weighted by Crippen LogP contribution is -2.36. The number of benzene rings is 2. The summed E-state index contributed by atoms with van der Waals surface area (Å²) in [6, 6.07) is 16.9. The Hall–Kier alpha value is -3.32. The normalized spacial score (nSPS) is 13.7. The van der Waals surface area contributed by atoms with E-state index >= 15 is 0 Å². The standard InChI is InChI=1S/C20H19N3O4/c24-18(10-19(25)20(26)27)17-9-5-4-8-16(17)12-23-14-21-13-22(23)11-15-6-2-1-3-7-15/h1-9,14H,10-13H2,(H,26,27). The molecule has 0 amide bonds.